The number of pyridine rings is 1. The Morgan fingerprint density at radius 1 is 1.06 bits per heavy atom. The number of fused-ring (bicyclic) bond motifs is 1. The Bertz CT molecular complexity index is 1350. The molecule has 0 radical (unpaired) electrons. The van der Waals surface area contributed by atoms with Gasteiger partial charge in [-0.2, -0.15) is 0 Å². The topological polar surface area (TPSA) is 58.9 Å². The molecular formula is C29H30N4O2. The minimum atomic E-state index is 0.0482. The first-order chi connectivity index (χ1) is 17.2. The lowest BCUT2D eigenvalue weighted by molar-refractivity contribution is 0.177. The van der Waals surface area contributed by atoms with Crippen LogP contribution in [0, 0.1) is 0 Å². The van der Waals surface area contributed by atoms with Crippen LogP contribution in [0.4, 0.5) is 4.79 Å². The number of carbonyl (C=O) groups is 1. The molecule has 1 saturated heterocycles. The number of aromatic nitrogens is 2. The van der Waals surface area contributed by atoms with Gasteiger partial charge in [-0.05, 0) is 49.1 Å². The second-order valence-corrected chi connectivity index (χ2v) is 9.60. The number of carbonyl (C=O) groups excluding carboxylic acids is 1. The lowest BCUT2D eigenvalue weighted by Crippen LogP contribution is -2.46. The molecule has 1 aliphatic heterocycles. The standard InChI is InChI=1S/C29H30N4O2/c1-35-23-13-7-11-21(17-23)27-26-14-5-6-16-33(26)28(31-27)22-12-8-15-32(19-22)29(34)30-25-18-24(25)20-9-3-2-4-10-20/h2-7,9-11,13-14,16-17,22,24-25H,8,12,15,18-19H2,1H3,(H,30,34)/t22?,24?,25-/m1/s1. The Morgan fingerprint density at radius 3 is 2.77 bits per heavy atom. The molecule has 4 aromatic rings. The van der Waals surface area contributed by atoms with Gasteiger partial charge < -0.3 is 19.4 Å². The fourth-order valence-corrected chi connectivity index (χ4v) is 5.38. The van der Waals surface area contributed by atoms with Crippen LogP contribution in [0.15, 0.2) is 79.0 Å². The molecule has 2 fully saturated rings. The number of amides is 2. The molecule has 2 amide bonds. The normalized spacial score (nSPS) is 21.6. The quantitative estimate of drug-likeness (QED) is 0.425. The molecule has 2 aromatic heterocycles. The first-order valence-electron chi connectivity index (χ1n) is 12.4. The molecule has 1 saturated carbocycles. The molecule has 2 aliphatic rings. The van der Waals surface area contributed by atoms with E-state index in [0.29, 0.717) is 12.5 Å². The number of rotatable bonds is 5. The van der Waals surface area contributed by atoms with Gasteiger partial charge in [0, 0.05) is 42.7 Å². The van der Waals surface area contributed by atoms with E-state index in [9.17, 15) is 4.79 Å². The van der Waals surface area contributed by atoms with Crippen molar-refractivity contribution in [2.24, 2.45) is 0 Å². The molecule has 2 aromatic carbocycles. The number of ether oxygens (including phenoxy) is 1. The van der Waals surface area contributed by atoms with Gasteiger partial charge in [0.1, 0.15) is 11.6 Å². The van der Waals surface area contributed by atoms with E-state index in [0.717, 1.165) is 54.2 Å². The van der Waals surface area contributed by atoms with Gasteiger partial charge in [0.05, 0.1) is 18.3 Å². The highest BCUT2D eigenvalue weighted by Crippen LogP contribution is 2.41. The number of benzene rings is 2. The number of nitrogens with one attached hydrogen (secondary N) is 1. The number of methoxy groups -OCH3 is 1. The number of imidazole rings is 1. The lowest BCUT2D eigenvalue weighted by Gasteiger charge is -2.32. The monoisotopic (exact) mass is 466 g/mol. The SMILES string of the molecule is COc1cccc(-c2nc(C3CCCN(C(=O)N[C@@H]4CC4c4ccccc4)C3)n3ccccc23)c1. The third-order valence-corrected chi connectivity index (χ3v) is 7.32. The third-order valence-electron chi connectivity index (χ3n) is 7.32. The molecular weight excluding hydrogens is 436 g/mol. The minimum absolute atomic E-state index is 0.0482. The zero-order valence-corrected chi connectivity index (χ0v) is 19.9. The van der Waals surface area contributed by atoms with Gasteiger partial charge in [0.15, 0.2) is 0 Å². The van der Waals surface area contributed by atoms with Crippen molar-refractivity contribution in [2.45, 2.75) is 37.1 Å². The molecule has 6 nitrogen and oxygen atoms in total. The van der Waals surface area contributed by atoms with Crippen molar-refractivity contribution < 1.29 is 9.53 Å². The van der Waals surface area contributed by atoms with Gasteiger partial charge in [0.2, 0.25) is 0 Å². The van der Waals surface area contributed by atoms with Gasteiger partial charge in [-0.15, -0.1) is 0 Å². The number of urea groups is 1. The summed E-state index contributed by atoms with van der Waals surface area (Å²) in [4.78, 5) is 20.2. The van der Waals surface area contributed by atoms with Gasteiger partial charge in [0.25, 0.3) is 0 Å². The average Bonchev–Trinajstić information content (AvgIpc) is 3.58. The summed E-state index contributed by atoms with van der Waals surface area (Å²) in [5.74, 6) is 2.45. The maximum Gasteiger partial charge on any atom is 0.317 e. The van der Waals surface area contributed by atoms with Gasteiger partial charge >= 0.3 is 6.03 Å². The Morgan fingerprint density at radius 2 is 1.91 bits per heavy atom. The Hall–Kier alpha value is -3.80. The van der Waals surface area contributed by atoms with Crippen molar-refractivity contribution in [3.63, 3.8) is 0 Å². The molecule has 35 heavy (non-hydrogen) atoms. The second kappa shape index (κ2) is 9.10. The smallest absolute Gasteiger partial charge is 0.317 e. The predicted octanol–water partition coefficient (Wildman–Crippen LogP) is 5.46. The molecule has 6 rings (SSSR count). The number of likely N-dealkylation sites (tertiary alicyclic amines) is 1. The Kier molecular flexibility index (Phi) is 5.64. The largest absolute Gasteiger partial charge is 0.497 e. The predicted molar refractivity (Wildman–Crippen MR) is 137 cm³/mol. The summed E-state index contributed by atoms with van der Waals surface area (Å²) in [6, 6.07) is 25.0. The molecule has 0 spiro atoms. The van der Waals surface area contributed by atoms with Crippen molar-refractivity contribution in [3.8, 4) is 17.0 Å². The van der Waals surface area contributed by atoms with Crippen molar-refractivity contribution in [3.05, 3.63) is 90.4 Å². The highest BCUT2D eigenvalue weighted by atomic mass is 16.5. The summed E-state index contributed by atoms with van der Waals surface area (Å²) in [6.07, 6.45) is 5.09. The Labute approximate surface area is 205 Å². The van der Waals surface area contributed by atoms with E-state index in [4.69, 9.17) is 9.72 Å². The Balaban J connectivity index is 1.21. The van der Waals surface area contributed by atoms with Crippen LogP contribution in [0.5, 0.6) is 5.75 Å². The van der Waals surface area contributed by atoms with Crippen LogP contribution in [0.1, 0.15) is 42.5 Å². The highest BCUT2D eigenvalue weighted by molar-refractivity contribution is 5.79. The van der Waals surface area contributed by atoms with Crippen LogP contribution >= 0.6 is 0 Å². The minimum Gasteiger partial charge on any atom is -0.497 e. The molecule has 178 valence electrons. The van der Waals surface area contributed by atoms with Crippen molar-refractivity contribution in [1.82, 2.24) is 19.6 Å². The molecule has 1 aliphatic carbocycles. The summed E-state index contributed by atoms with van der Waals surface area (Å²) in [5, 5.41) is 3.27. The van der Waals surface area contributed by atoms with E-state index in [-0.39, 0.29) is 18.0 Å². The second-order valence-electron chi connectivity index (χ2n) is 9.60. The number of hydrogen-bond donors (Lipinski definition) is 1. The first-order valence-corrected chi connectivity index (χ1v) is 12.4. The lowest BCUT2D eigenvalue weighted by atomic mass is 9.97. The van der Waals surface area contributed by atoms with Gasteiger partial charge in [-0.25, -0.2) is 9.78 Å². The average molecular weight is 467 g/mol. The summed E-state index contributed by atoms with van der Waals surface area (Å²) < 4.78 is 7.63. The van der Waals surface area contributed by atoms with Crippen LogP contribution in [0.25, 0.3) is 16.8 Å². The van der Waals surface area contributed by atoms with Crippen LogP contribution in [-0.2, 0) is 0 Å². The van der Waals surface area contributed by atoms with Crippen LogP contribution in [0.3, 0.4) is 0 Å². The van der Waals surface area contributed by atoms with E-state index < -0.39 is 0 Å². The maximum absolute atomic E-state index is 13.1. The van der Waals surface area contributed by atoms with E-state index >= 15 is 0 Å². The van der Waals surface area contributed by atoms with Crippen molar-refractivity contribution in [1.29, 1.82) is 0 Å². The summed E-state index contributed by atoms with van der Waals surface area (Å²) in [6.45, 7) is 1.47. The van der Waals surface area contributed by atoms with Crippen LogP contribution in [0.2, 0.25) is 0 Å². The van der Waals surface area contributed by atoms with Crippen molar-refractivity contribution >= 4 is 11.5 Å². The number of nitrogens with zero attached hydrogens (tertiary/aromatic N) is 3. The molecule has 0 bridgehead atoms. The third kappa shape index (κ3) is 4.25. The molecule has 1 N–H and O–H groups in total. The fraction of sp³-hybridized carbons (Fsp3) is 0.310. The highest BCUT2D eigenvalue weighted by Gasteiger charge is 2.40. The van der Waals surface area contributed by atoms with E-state index in [1.807, 2.05) is 41.3 Å². The van der Waals surface area contributed by atoms with Crippen LogP contribution in [-0.4, -0.2) is 46.6 Å². The van der Waals surface area contributed by atoms with Gasteiger partial charge in [-0.3, -0.25) is 0 Å². The number of piperidine rings is 1. The molecule has 3 atom stereocenters. The van der Waals surface area contributed by atoms with E-state index in [1.54, 1.807) is 7.11 Å². The first kappa shape index (κ1) is 21.7. The molecule has 3 heterocycles. The summed E-state index contributed by atoms with van der Waals surface area (Å²) in [7, 11) is 1.68. The van der Waals surface area contributed by atoms with E-state index in [1.165, 1.54) is 5.56 Å². The van der Waals surface area contributed by atoms with Crippen molar-refractivity contribution in [2.75, 3.05) is 20.2 Å². The maximum atomic E-state index is 13.1. The fourth-order valence-electron chi connectivity index (χ4n) is 5.38. The zero-order valence-electron chi connectivity index (χ0n) is 19.9. The summed E-state index contributed by atoms with van der Waals surface area (Å²) >= 11 is 0. The molecule has 2 unspecified atom stereocenters. The molecule has 6 heteroatoms. The van der Waals surface area contributed by atoms with Crippen LogP contribution < -0.4 is 10.1 Å². The zero-order chi connectivity index (χ0) is 23.8. The van der Waals surface area contributed by atoms with E-state index in [2.05, 4.69) is 52.3 Å². The summed E-state index contributed by atoms with van der Waals surface area (Å²) in [5.41, 5.74) is 4.36. The number of hydrogen-bond acceptors (Lipinski definition) is 3. The van der Waals surface area contributed by atoms with Gasteiger partial charge in [-0.1, -0.05) is 48.5 Å².